The molecule has 0 aliphatic heterocycles. The van der Waals surface area contributed by atoms with Crippen LogP contribution in [0.3, 0.4) is 0 Å². The standard InChI is InChI=1S/C13H20ClN3O/c1-3-13(6-4-5-7-13)9-16-11-10(14)8-15-12(17-11)18-2/h8H,3-7,9H2,1-2H3,(H,15,16,17). The molecule has 0 spiro atoms. The van der Waals surface area contributed by atoms with E-state index in [0.717, 1.165) is 6.54 Å². The van der Waals surface area contributed by atoms with Gasteiger partial charge >= 0.3 is 6.01 Å². The second-order valence-corrected chi connectivity index (χ2v) is 5.37. The quantitative estimate of drug-likeness (QED) is 0.888. The molecule has 100 valence electrons. The van der Waals surface area contributed by atoms with Crippen LogP contribution < -0.4 is 10.1 Å². The number of hydrogen-bond donors (Lipinski definition) is 1. The third kappa shape index (κ3) is 2.86. The van der Waals surface area contributed by atoms with Gasteiger partial charge in [-0.05, 0) is 24.7 Å². The zero-order chi connectivity index (χ0) is 13.0. The molecule has 0 unspecified atom stereocenters. The van der Waals surface area contributed by atoms with Crippen molar-refractivity contribution in [3.05, 3.63) is 11.2 Å². The second-order valence-electron chi connectivity index (χ2n) is 4.97. The van der Waals surface area contributed by atoms with Crippen LogP contribution in [0.25, 0.3) is 0 Å². The van der Waals surface area contributed by atoms with Gasteiger partial charge in [0.1, 0.15) is 5.02 Å². The van der Waals surface area contributed by atoms with Crippen LogP contribution in [0.2, 0.25) is 5.02 Å². The molecule has 0 amide bonds. The number of aromatic nitrogens is 2. The molecule has 0 saturated heterocycles. The van der Waals surface area contributed by atoms with Gasteiger partial charge in [-0.3, -0.25) is 0 Å². The summed E-state index contributed by atoms with van der Waals surface area (Å²) in [7, 11) is 1.55. The lowest BCUT2D eigenvalue weighted by Crippen LogP contribution is -2.26. The van der Waals surface area contributed by atoms with Crippen LogP contribution in [0, 0.1) is 5.41 Å². The Hall–Kier alpha value is -1.03. The molecule has 1 N–H and O–H groups in total. The molecular formula is C13H20ClN3O. The van der Waals surface area contributed by atoms with E-state index in [0.29, 0.717) is 22.3 Å². The summed E-state index contributed by atoms with van der Waals surface area (Å²) in [5, 5.41) is 3.90. The van der Waals surface area contributed by atoms with Crippen molar-refractivity contribution in [3.63, 3.8) is 0 Å². The van der Waals surface area contributed by atoms with Crippen molar-refractivity contribution in [2.45, 2.75) is 39.0 Å². The van der Waals surface area contributed by atoms with Crippen LogP contribution in [0.1, 0.15) is 39.0 Å². The number of nitrogens with one attached hydrogen (secondary N) is 1. The topological polar surface area (TPSA) is 47.0 Å². The average molecular weight is 270 g/mol. The maximum Gasteiger partial charge on any atom is 0.318 e. The van der Waals surface area contributed by atoms with Crippen LogP contribution in [-0.4, -0.2) is 23.6 Å². The summed E-state index contributed by atoms with van der Waals surface area (Å²) >= 11 is 6.08. The highest BCUT2D eigenvalue weighted by Gasteiger charge is 2.31. The van der Waals surface area contributed by atoms with Crippen LogP contribution in [-0.2, 0) is 0 Å². The van der Waals surface area contributed by atoms with Crippen molar-refractivity contribution < 1.29 is 4.74 Å². The van der Waals surface area contributed by atoms with Gasteiger partial charge in [-0.2, -0.15) is 4.98 Å². The van der Waals surface area contributed by atoms with E-state index in [1.54, 1.807) is 13.3 Å². The Bertz CT molecular complexity index is 405. The molecule has 4 nitrogen and oxygen atoms in total. The van der Waals surface area contributed by atoms with Gasteiger partial charge in [-0.15, -0.1) is 0 Å². The first-order valence-corrected chi connectivity index (χ1v) is 6.87. The third-order valence-electron chi connectivity index (χ3n) is 3.95. The van der Waals surface area contributed by atoms with Gasteiger partial charge in [0.15, 0.2) is 5.82 Å². The first kappa shape index (κ1) is 13.4. The van der Waals surface area contributed by atoms with Gasteiger partial charge in [0.25, 0.3) is 0 Å². The van der Waals surface area contributed by atoms with E-state index in [-0.39, 0.29) is 0 Å². The number of rotatable bonds is 5. The lowest BCUT2D eigenvalue weighted by atomic mass is 9.83. The monoisotopic (exact) mass is 269 g/mol. The van der Waals surface area contributed by atoms with E-state index in [1.165, 1.54) is 32.1 Å². The van der Waals surface area contributed by atoms with Crippen molar-refractivity contribution in [3.8, 4) is 6.01 Å². The largest absolute Gasteiger partial charge is 0.467 e. The van der Waals surface area contributed by atoms with E-state index in [9.17, 15) is 0 Å². The number of nitrogens with zero attached hydrogens (tertiary/aromatic N) is 2. The molecule has 0 bridgehead atoms. The van der Waals surface area contributed by atoms with Gasteiger partial charge in [0, 0.05) is 6.54 Å². The Morgan fingerprint density at radius 3 is 2.78 bits per heavy atom. The summed E-state index contributed by atoms with van der Waals surface area (Å²) in [6.45, 7) is 3.18. The number of hydrogen-bond acceptors (Lipinski definition) is 4. The fourth-order valence-corrected chi connectivity index (χ4v) is 2.78. The van der Waals surface area contributed by atoms with Crippen LogP contribution in [0.4, 0.5) is 5.82 Å². The maximum absolute atomic E-state index is 6.08. The average Bonchev–Trinajstić information content (AvgIpc) is 2.87. The van der Waals surface area contributed by atoms with Crippen LogP contribution >= 0.6 is 11.6 Å². The molecule has 1 saturated carbocycles. The zero-order valence-electron chi connectivity index (χ0n) is 11.0. The molecule has 1 aromatic rings. The van der Waals surface area contributed by atoms with Gasteiger partial charge in [0.05, 0.1) is 13.3 Å². The van der Waals surface area contributed by atoms with Crippen molar-refractivity contribution in [1.29, 1.82) is 0 Å². The molecule has 1 aliphatic rings. The maximum atomic E-state index is 6.08. The fourth-order valence-electron chi connectivity index (χ4n) is 2.62. The minimum absolute atomic E-state index is 0.346. The molecule has 1 aromatic heterocycles. The minimum atomic E-state index is 0.346. The lowest BCUT2D eigenvalue weighted by molar-refractivity contribution is 0.306. The second kappa shape index (κ2) is 5.74. The van der Waals surface area contributed by atoms with Gasteiger partial charge in [-0.25, -0.2) is 4.98 Å². The predicted octanol–water partition coefficient (Wildman–Crippen LogP) is 3.52. The molecular weight excluding hydrogens is 250 g/mol. The van der Waals surface area contributed by atoms with Gasteiger partial charge in [-0.1, -0.05) is 31.4 Å². The summed E-state index contributed by atoms with van der Waals surface area (Å²) in [5.41, 5.74) is 0.404. The summed E-state index contributed by atoms with van der Waals surface area (Å²) in [4.78, 5) is 8.21. The summed E-state index contributed by atoms with van der Waals surface area (Å²) in [6, 6.07) is 0.346. The third-order valence-corrected chi connectivity index (χ3v) is 4.23. The van der Waals surface area contributed by atoms with Crippen LogP contribution in [0.5, 0.6) is 6.01 Å². The van der Waals surface area contributed by atoms with E-state index in [2.05, 4.69) is 22.2 Å². The highest BCUT2D eigenvalue weighted by Crippen LogP contribution is 2.41. The van der Waals surface area contributed by atoms with Crippen LogP contribution in [0.15, 0.2) is 6.20 Å². The van der Waals surface area contributed by atoms with Crippen molar-refractivity contribution >= 4 is 17.4 Å². The molecule has 1 aliphatic carbocycles. The molecule has 2 rings (SSSR count). The predicted molar refractivity (Wildman–Crippen MR) is 73.3 cm³/mol. The number of ether oxygens (including phenoxy) is 1. The summed E-state index contributed by atoms with van der Waals surface area (Å²) in [5.74, 6) is 0.670. The molecule has 18 heavy (non-hydrogen) atoms. The Morgan fingerprint density at radius 1 is 1.44 bits per heavy atom. The van der Waals surface area contributed by atoms with E-state index >= 15 is 0 Å². The molecule has 1 heterocycles. The Balaban J connectivity index is 2.05. The fraction of sp³-hybridized carbons (Fsp3) is 0.692. The highest BCUT2D eigenvalue weighted by atomic mass is 35.5. The Labute approximate surface area is 113 Å². The zero-order valence-corrected chi connectivity index (χ0v) is 11.8. The van der Waals surface area contributed by atoms with Crippen molar-refractivity contribution in [2.24, 2.45) is 5.41 Å². The van der Waals surface area contributed by atoms with E-state index in [4.69, 9.17) is 16.3 Å². The molecule has 1 fully saturated rings. The summed E-state index contributed by atoms with van der Waals surface area (Å²) in [6.07, 6.45) is 8.00. The van der Waals surface area contributed by atoms with Crippen molar-refractivity contribution in [1.82, 2.24) is 9.97 Å². The van der Waals surface area contributed by atoms with Gasteiger partial charge < -0.3 is 10.1 Å². The lowest BCUT2D eigenvalue weighted by Gasteiger charge is -2.28. The minimum Gasteiger partial charge on any atom is -0.467 e. The number of halogens is 1. The molecule has 0 atom stereocenters. The van der Waals surface area contributed by atoms with Crippen molar-refractivity contribution in [2.75, 3.05) is 19.0 Å². The molecule has 0 aromatic carbocycles. The first-order valence-electron chi connectivity index (χ1n) is 6.49. The highest BCUT2D eigenvalue weighted by molar-refractivity contribution is 6.32. The molecule has 0 radical (unpaired) electrons. The smallest absolute Gasteiger partial charge is 0.318 e. The Kier molecular flexibility index (Phi) is 4.27. The normalized spacial score (nSPS) is 17.7. The van der Waals surface area contributed by atoms with E-state index < -0.39 is 0 Å². The first-order chi connectivity index (χ1) is 8.69. The van der Waals surface area contributed by atoms with E-state index in [1.807, 2.05) is 0 Å². The number of anilines is 1. The summed E-state index contributed by atoms with van der Waals surface area (Å²) < 4.78 is 5.01. The Morgan fingerprint density at radius 2 is 2.17 bits per heavy atom. The number of methoxy groups -OCH3 is 1. The van der Waals surface area contributed by atoms with Gasteiger partial charge in [0.2, 0.25) is 0 Å². The SMILES string of the molecule is CCC1(CNc2nc(OC)ncc2Cl)CCCC1. The molecule has 5 heteroatoms.